The van der Waals surface area contributed by atoms with Gasteiger partial charge < -0.3 is 24.2 Å². The fourth-order valence-corrected chi connectivity index (χ4v) is 1.97. The zero-order valence-electron chi connectivity index (χ0n) is 13.9. The first kappa shape index (κ1) is 19.6. The summed E-state index contributed by atoms with van der Waals surface area (Å²) in [4.78, 5) is 36.8. The summed E-state index contributed by atoms with van der Waals surface area (Å²) in [6.07, 6.45) is 2.65. The highest BCUT2D eigenvalue weighted by atomic mass is 16.5. The Balaban J connectivity index is 2.49. The van der Waals surface area contributed by atoms with Crippen LogP contribution in [-0.2, 0) is 23.9 Å². The van der Waals surface area contributed by atoms with Crippen LogP contribution in [0.15, 0.2) is 16.9 Å². The van der Waals surface area contributed by atoms with Gasteiger partial charge in [0.05, 0.1) is 13.7 Å². The molecule has 0 unspecified atom stereocenters. The fourth-order valence-electron chi connectivity index (χ4n) is 1.97. The van der Waals surface area contributed by atoms with Gasteiger partial charge in [0.1, 0.15) is 6.26 Å². The average Bonchev–Trinajstić information content (AvgIpc) is 3.06. The summed E-state index contributed by atoms with van der Waals surface area (Å²) < 4.78 is 14.1. The molecule has 1 heterocycles. The maximum Gasteiger partial charge on any atom is 0.305 e. The number of ether oxygens (including phenoxy) is 2. The Labute approximate surface area is 140 Å². The van der Waals surface area contributed by atoms with Gasteiger partial charge in [-0.15, -0.1) is 0 Å². The lowest BCUT2D eigenvalue weighted by Crippen LogP contribution is -2.39. The van der Waals surface area contributed by atoms with E-state index in [1.165, 1.54) is 24.3 Å². The fraction of sp³-hybridized carbons (Fsp3) is 0.600. The molecule has 2 amide bonds. The first-order valence-corrected chi connectivity index (χ1v) is 7.60. The second-order valence-corrected chi connectivity index (χ2v) is 5.02. The number of aromatic nitrogens is 1. The van der Waals surface area contributed by atoms with E-state index in [1.807, 2.05) is 0 Å². The van der Waals surface area contributed by atoms with Crippen LogP contribution in [0.1, 0.15) is 25.7 Å². The summed E-state index contributed by atoms with van der Waals surface area (Å²) in [5.74, 6) is -0.652. The first-order valence-electron chi connectivity index (χ1n) is 7.60. The van der Waals surface area contributed by atoms with Crippen molar-refractivity contribution in [1.29, 1.82) is 0 Å². The molecule has 0 fully saturated rings. The van der Waals surface area contributed by atoms with Crippen molar-refractivity contribution in [3.63, 3.8) is 0 Å². The largest absolute Gasteiger partial charge is 0.469 e. The monoisotopic (exact) mass is 341 g/mol. The topological polar surface area (TPSA) is 111 Å². The van der Waals surface area contributed by atoms with E-state index >= 15 is 0 Å². The van der Waals surface area contributed by atoms with Gasteiger partial charge in [0.2, 0.25) is 11.8 Å². The second kappa shape index (κ2) is 11.2. The minimum Gasteiger partial charge on any atom is -0.469 e. The van der Waals surface area contributed by atoms with Gasteiger partial charge in [-0.3, -0.25) is 14.4 Å². The molecule has 0 aliphatic heterocycles. The van der Waals surface area contributed by atoms with Crippen LogP contribution in [0.5, 0.6) is 0 Å². The van der Waals surface area contributed by atoms with Crippen molar-refractivity contribution >= 4 is 23.6 Å². The van der Waals surface area contributed by atoms with Crippen molar-refractivity contribution in [1.82, 2.24) is 10.1 Å². The molecule has 9 nitrogen and oxygen atoms in total. The Bertz CT molecular complexity index is 517. The van der Waals surface area contributed by atoms with Crippen LogP contribution in [0.3, 0.4) is 0 Å². The van der Waals surface area contributed by atoms with Crippen LogP contribution in [0.4, 0.5) is 5.82 Å². The van der Waals surface area contributed by atoms with E-state index in [-0.39, 0.29) is 43.0 Å². The predicted octanol–water partition coefficient (Wildman–Crippen LogP) is 0.821. The van der Waals surface area contributed by atoms with Crippen molar-refractivity contribution < 1.29 is 28.4 Å². The van der Waals surface area contributed by atoms with E-state index in [4.69, 9.17) is 4.74 Å². The molecule has 1 aromatic heterocycles. The van der Waals surface area contributed by atoms with E-state index < -0.39 is 0 Å². The van der Waals surface area contributed by atoms with Gasteiger partial charge in [-0.05, 0) is 12.8 Å². The lowest BCUT2D eigenvalue weighted by molar-refractivity contribution is -0.141. The molecule has 1 rings (SSSR count). The summed E-state index contributed by atoms with van der Waals surface area (Å²) in [7, 11) is 2.87. The minimum absolute atomic E-state index is 0.104. The molecule has 0 aromatic carbocycles. The highest BCUT2D eigenvalue weighted by Gasteiger charge is 2.18. The number of hydrogen-bond acceptors (Lipinski definition) is 7. The Morgan fingerprint density at radius 3 is 2.67 bits per heavy atom. The van der Waals surface area contributed by atoms with Crippen molar-refractivity contribution in [2.45, 2.75) is 25.7 Å². The summed E-state index contributed by atoms with van der Waals surface area (Å²) in [6, 6.07) is 1.51. The Morgan fingerprint density at radius 1 is 1.25 bits per heavy atom. The number of carbonyl (C=O) groups excluding carboxylic acids is 3. The number of methoxy groups -OCH3 is 2. The van der Waals surface area contributed by atoms with Crippen molar-refractivity contribution in [3.05, 3.63) is 12.3 Å². The third kappa shape index (κ3) is 7.73. The van der Waals surface area contributed by atoms with Crippen LogP contribution < -0.4 is 5.32 Å². The maximum atomic E-state index is 12.3. The summed E-state index contributed by atoms with van der Waals surface area (Å²) >= 11 is 0. The molecular formula is C15H23N3O6. The van der Waals surface area contributed by atoms with Crippen LogP contribution in [0, 0.1) is 0 Å². The molecule has 0 saturated carbocycles. The number of hydrogen-bond donors (Lipinski definition) is 1. The zero-order valence-corrected chi connectivity index (χ0v) is 13.9. The van der Waals surface area contributed by atoms with Crippen LogP contribution >= 0.6 is 0 Å². The van der Waals surface area contributed by atoms with Crippen molar-refractivity contribution in [2.75, 3.05) is 39.2 Å². The molecule has 1 aromatic rings. The summed E-state index contributed by atoms with van der Waals surface area (Å²) in [6.45, 7) is 0.765. The van der Waals surface area contributed by atoms with Gasteiger partial charge in [0, 0.05) is 39.2 Å². The molecule has 0 aliphatic rings. The van der Waals surface area contributed by atoms with Crippen LogP contribution in [0.25, 0.3) is 0 Å². The Morgan fingerprint density at radius 2 is 2.04 bits per heavy atom. The highest BCUT2D eigenvalue weighted by molar-refractivity contribution is 5.93. The first-order chi connectivity index (χ1) is 11.6. The Kier molecular flexibility index (Phi) is 9.13. The molecule has 24 heavy (non-hydrogen) atoms. The average molecular weight is 341 g/mol. The third-order valence-electron chi connectivity index (χ3n) is 3.17. The van der Waals surface area contributed by atoms with Gasteiger partial charge in [0.15, 0.2) is 5.82 Å². The molecule has 1 N–H and O–H groups in total. The summed E-state index contributed by atoms with van der Waals surface area (Å²) in [5, 5.41) is 6.12. The number of rotatable bonds is 11. The number of carbonyl (C=O) groups is 3. The maximum absolute atomic E-state index is 12.3. The highest BCUT2D eigenvalue weighted by Crippen LogP contribution is 2.06. The Hall–Kier alpha value is -2.42. The number of amides is 2. The molecule has 0 bridgehead atoms. The molecule has 0 atom stereocenters. The number of anilines is 1. The molecule has 0 aliphatic carbocycles. The molecular weight excluding hydrogens is 318 g/mol. The summed E-state index contributed by atoms with van der Waals surface area (Å²) in [5.41, 5.74) is 0. The third-order valence-corrected chi connectivity index (χ3v) is 3.17. The van der Waals surface area contributed by atoms with Gasteiger partial charge in [-0.2, -0.15) is 0 Å². The lowest BCUT2D eigenvalue weighted by atomic mass is 10.2. The second-order valence-electron chi connectivity index (χ2n) is 5.02. The van der Waals surface area contributed by atoms with Gasteiger partial charge in [0.25, 0.3) is 0 Å². The molecule has 0 radical (unpaired) electrons. The van der Waals surface area contributed by atoms with E-state index in [0.29, 0.717) is 26.0 Å². The van der Waals surface area contributed by atoms with E-state index in [9.17, 15) is 14.4 Å². The standard InChI is InChI=1S/C15H23N3O6/c1-22-9-4-8-18(14(20)5-3-6-15(21)23-2)11-13(19)16-12-7-10-24-17-12/h7,10H,3-6,8-9,11H2,1-2H3,(H,16,17,19). The van der Waals surface area contributed by atoms with E-state index in [0.717, 1.165) is 0 Å². The SMILES string of the molecule is COCCCN(CC(=O)Nc1ccon1)C(=O)CCCC(=O)OC. The van der Waals surface area contributed by atoms with Gasteiger partial charge >= 0.3 is 5.97 Å². The number of nitrogens with zero attached hydrogens (tertiary/aromatic N) is 2. The molecule has 134 valence electrons. The van der Waals surface area contributed by atoms with Gasteiger partial charge in [-0.25, -0.2) is 0 Å². The number of esters is 1. The zero-order chi connectivity index (χ0) is 17.8. The lowest BCUT2D eigenvalue weighted by Gasteiger charge is -2.22. The molecule has 0 saturated heterocycles. The van der Waals surface area contributed by atoms with Crippen molar-refractivity contribution in [3.8, 4) is 0 Å². The van der Waals surface area contributed by atoms with E-state index in [2.05, 4.69) is 19.7 Å². The smallest absolute Gasteiger partial charge is 0.305 e. The van der Waals surface area contributed by atoms with Crippen molar-refractivity contribution in [2.24, 2.45) is 0 Å². The van der Waals surface area contributed by atoms with Crippen LogP contribution in [-0.4, -0.2) is 61.8 Å². The molecule has 0 spiro atoms. The number of nitrogens with one attached hydrogen (secondary N) is 1. The van der Waals surface area contributed by atoms with Gasteiger partial charge in [-0.1, -0.05) is 5.16 Å². The van der Waals surface area contributed by atoms with E-state index in [1.54, 1.807) is 7.11 Å². The van der Waals surface area contributed by atoms with Crippen LogP contribution in [0.2, 0.25) is 0 Å². The molecule has 9 heteroatoms. The normalized spacial score (nSPS) is 10.2. The quantitative estimate of drug-likeness (QED) is 0.468. The minimum atomic E-state index is -0.373. The predicted molar refractivity (Wildman–Crippen MR) is 84.1 cm³/mol.